The Labute approximate surface area is 162 Å². The highest BCUT2D eigenvalue weighted by atomic mass is 16.2. The Balaban J connectivity index is 1.55. The number of piperidine rings is 1. The minimum atomic E-state index is 0.0747. The molecule has 0 spiro atoms. The van der Waals surface area contributed by atoms with Crippen molar-refractivity contribution in [1.29, 1.82) is 0 Å². The monoisotopic (exact) mass is 371 g/mol. The van der Waals surface area contributed by atoms with E-state index in [1.165, 1.54) is 6.42 Å². The van der Waals surface area contributed by atoms with Gasteiger partial charge in [0.2, 0.25) is 5.91 Å². The molecule has 1 saturated heterocycles. The van der Waals surface area contributed by atoms with Crippen LogP contribution < -0.4 is 10.6 Å². The first-order chi connectivity index (χ1) is 13.2. The normalized spacial score (nSPS) is 19.1. The molecule has 0 unspecified atom stereocenters. The molecule has 0 aromatic heterocycles. The summed E-state index contributed by atoms with van der Waals surface area (Å²) in [5.41, 5.74) is 1.40. The fourth-order valence-electron chi connectivity index (χ4n) is 4.21. The molecule has 2 N–H and O–H groups in total. The molecule has 3 rings (SSSR count). The first-order valence-corrected chi connectivity index (χ1v) is 10.6. The molecule has 1 aliphatic heterocycles. The Morgan fingerprint density at radius 3 is 2.52 bits per heavy atom. The number of carbonyl (C=O) groups excluding carboxylic acids is 2. The van der Waals surface area contributed by atoms with E-state index in [1.807, 2.05) is 29.2 Å². The first-order valence-electron chi connectivity index (χ1n) is 10.6. The van der Waals surface area contributed by atoms with Crippen molar-refractivity contribution in [3.63, 3.8) is 0 Å². The number of carbonyl (C=O) groups is 2. The number of nitrogens with zero attached hydrogens (tertiary/aromatic N) is 1. The number of likely N-dealkylation sites (tertiary alicyclic amines) is 1. The summed E-state index contributed by atoms with van der Waals surface area (Å²) in [6, 6.07) is 7.42. The molecule has 1 aliphatic carbocycles. The average Bonchev–Trinajstić information content (AvgIpc) is 2.73. The third kappa shape index (κ3) is 5.55. The maximum Gasteiger partial charge on any atom is 0.253 e. The fraction of sp³-hybridized carbons (Fsp3) is 0.636. The van der Waals surface area contributed by atoms with Crippen LogP contribution in [0.2, 0.25) is 0 Å². The third-order valence-electron chi connectivity index (χ3n) is 5.94. The van der Waals surface area contributed by atoms with Gasteiger partial charge in [0.1, 0.15) is 0 Å². The molecule has 1 aromatic rings. The standard InChI is InChI=1S/C22H33N3O2/c1-2-23-16-17-11-13-25(14-12-17)22(27)19-9-6-10-20(15-19)24-21(26)18-7-4-3-5-8-18/h6,9-10,15,17-18,23H,2-5,7-8,11-14,16H2,1H3,(H,24,26). The Kier molecular flexibility index (Phi) is 7.27. The van der Waals surface area contributed by atoms with Crippen molar-refractivity contribution in [2.24, 2.45) is 11.8 Å². The highest BCUT2D eigenvalue weighted by Gasteiger charge is 2.24. The molecule has 148 valence electrons. The molecule has 2 fully saturated rings. The van der Waals surface area contributed by atoms with E-state index in [4.69, 9.17) is 0 Å². The van der Waals surface area contributed by atoms with Gasteiger partial charge >= 0.3 is 0 Å². The van der Waals surface area contributed by atoms with Gasteiger partial charge in [0.25, 0.3) is 5.91 Å². The van der Waals surface area contributed by atoms with Gasteiger partial charge in [0, 0.05) is 30.3 Å². The second-order valence-corrected chi connectivity index (χ2v) is 7.95. The zero-order chi connectivity index (χ0) is 19.1. The number of hydrogen-bond acceptors (Lipinski definition) is 3. The first kappa shape index (κ1) is 19.9. The quantitative estimate of drug-likeness (QED) is 0.802. The summed E-state index contributed by atoms with van der Waals surface area (Å²) in [4.78, 5) is 27.3. The van der Waals surface area contributed by atoms with Crippen LogP contribution in [0.4, 0.5) is 5.69 Å². The Hall–Kier alpha value is -1.88. The smallest absolute Gasteiger partial charge is 0.253 e. The SMILES string of the molecule is CCNCC1CCN(C(=O)c2cccc(NC(=O)C3CCCCC3)c2)CC1. The average molecular weight is 372 g/mol. The molecule has 2 aliphatic rings. The van der Waals surface area contributed by atoms with E-state index in [1.54, 1.807) is 0 Å². The number of hydrogen-bond donors (Lipinski definition) is 2. The van der Waals surface area contributed by atoms with E-state index >= 15 is 0 Å². The van der Waals surface area contributed by atoms with Crippen molar-refractivity contribution >= 4 is 17.5 Å². The van der Waals surface area contributed by atoms with Crippen molar-refractivity contribution in [2.75, 3.05) is 31.5 Å². The molecular weight excluding hydrogens is 338 g/mol. The highest BCUT2D eigenvalue weighted by Crippen LogP contribution is 2.25. The van der Waals surface area contributed by atoms with Crippen LogP contribution >= 0.6 is 0 Å². The summed E-state index contributed by atoms with van der Waals surface area (Å²) in [5.74, 6) is 0.957. The fourth-order valence-corrected chi connectivity index (χ4v) is 4.21. The van der Waals surface area contributed by atoms with Crippen LogP contribution in [0.1, 0.15) is 62.2 Å². The van der Waals surface area contributed by atoms with Crippen LogP contribution in [0, 0.1) is 11.8 Å². The van der Waals surface area contributed by atoms with Crippen molar-refractivity contribution in [3.05, 3.63) is 29.8 Å². The number of rotatable bonds is 6. The van der Waals surface area contributed by atoms with Crippen molar-refractivity contribution in [3.8, 4) is 0 Å². The van der Waals surface area contributed by atoms with Gasteiger partial charge < -0.3 is 15.5 Å². The molecule has 5 nitrogen and oxygen atoms in total. The molecule has 1 heterocycles. The zero-order valence-electron chi connectivity index (χ0n) is 16.5. The number of benzene rings is 1. The largest absolute Gasteiger partial charge is 0.339 e. The predicted octanol–water partition coefficient (Wildman–Crippen LogP) is 3.67. The van der Waals surface area contributed by atoms with Crippen LogP contribution in [0.15, 0.2) is 24.3 Å². The van der Waals surface area contributed by atoms with E-state index in [-0.39, 0.29) is 17.7 Å². The van der Waals surface area contributed by atoms with Crippen LogP contribution in [0.5, 0.6) is 0 Å². The topological polar surface area (TPSA) is 61.4 Å². The molecule has 0 atom stereocenters. The maximum absolute atomic E-state index is 12.9. The van der Waals surface area contributed by atoms with Crippen LogP contribution in [0.25, 0.3) is 0 Å². The maximum atomic E-state index is 12.9. The lowest BCUT2D eigenvalue weighted by Gasteiger charge is -2.32. The van der Waals surface area contributed by atoms with Gasteiger partial charge in [-0.2, -0.15) is 0 Å². The molecule has 0 radical (unpaired) electrons. The number of nitrogens with one attached hydrogen (secondary N) is 2. The van der Waals surface area contributed by atoms with Gasteiger partial charge in [-0.05, 0) is 62.9 Å². The minimum absolute atomic E-state index is 0.0747. The molecule has 5 heteroatoms. The lowest BCUT2D eigenvalue weighted by Crippen LogP contribution is -2.40. The summed E-state index contributed by atoms with van der Waals surface area (Å²) in [6.45, 7) is 5.79. The van der Waals surface area contributed by atoms with Gasteiger partial charge in [0.15, 0.2) is 0 Å². The summed E-state index contributed by atoms with van der Waals surface area (Å²) >= 11 is 0. The van der Waals surface area contributed by atoms with Crippen LogP contribution in [-0.4, -0.2) is 42.9 Å². The molecule has 0 bridgehead atoms. The number of amides is 2. The van der Waals surface area contributed by atoms with Gasteiger partial charge in [-0.25, -0.2) is 0 Å². The van der Waals surface area contributed by atoms with E-state index in [9.17, 15) is 9.59 Å². The van der Waals surface area contributed by atoms with Crippen LogP contribution in [-0.2, 0) is 4.79 Å². The van der Waals surface area contributed by atoms with Crippen molar-refractivity contribution in [1.82, 2.24) is 10.2 Å². The van der Waals surface area contributed by atoms with Gasteiger partial charge in [-0.1, -0.05) is 32.3 Å². The van der Waals surface area contributed by atoms with E-state index in [0.29, 0.717) is 11.5 Å². The predicted molar refractivity (Wildman–Crippen MR) is 109 cm³/mol. The summed E-state index contributed by atoms with van der Waals surface area (Å²) in [5, 5.41) is 6.42. The highest BCUT2D eigenvalue weighted by molar-refractivity contribution is 5.97. The Morgan fingerprint density at radius 1 is 1.07 bits per heavy atom. The second kappa shape index (κ2) is 9.88. The van der Waals surface area contributed by atoms with Crippen LogP contribution in [0.3, 0.4) is 0 Å². The van der Waals surface area contributed by atoms with E-state index in [2.05, 4.69) is 17.6 Å². The minimum Gasteiger partial charge on any atom is -0.339 e. The molecule has 27 heavy (non-hydrogen) atoms. The Morgan fingerprint density at radius 2 is 1.81 bits per heavy atom. The van der Waals surface area contributed by atoms with Crippen molar-refractivity contribution in [2.45, 2.75) is 51.9 Å². The molecule has 2 amide bonds. The second-order valence-electron chi connectivity index (χ2n) is 7.95. The molecular formula is C22H33N3O2. The van der Waals surface area contributed by atoms with Crippen molar-refractivity contribution < 1.29 is 9.59 Å². The summed E-state index contributed by atoms with van der Waals surface area (Å²) in [7, 11) is 0. The lowest BCUT2D eigenvalue weighted by atomic mass is 9.88. The zero-order valence-corrected chi connectivity index (χ0v) is 16.5. The summed E-state index contributed by atoms with van der Waals surface area (Å²) < 4.78 is 0. The number of anilines is 1. The lowest BCUT2D eigenvalue weighted by molar-refractivity contribution is -0.120. The molecule has 1 aromatic carbocycles. The van der Waals surface area contributed by atoms with Gasteiger partial charge in [0.05, 0.1) is 0 Å². The third-order valence-corrected chi connectivity index (χ3v) is 5.94. The van der Waals surface area contributed by atoms with Gasteiger partial charge in [-0.3, -0.25) is 9.59 Å². The molecule has 1 saturated carbocycles. The van der Waals surface area contributed by atoms with E-state index < -0.39 is 0 Å². The summed E-state index contributed by atoms with van der Waals surface area (Å²) in [6.07, 6.45) is 7.58. The van der Waals surface area contributed by atoms with E-state index in [0.717, 1.165) is 70.4 Å². The van der Waals surface area contributed by atoms with Gasteiger partial charge in [-0.15, -0.1) is 0 Å². The Bertz CT molecular complexity index is 632.